The molecule has 27 heavy (non-hydrogen) atoms. The van der Waals surface area contributed by atoms with Gasteiger partial charge in [0.15, 0.2) is 9.84 Å². The summed E-state index contributed by atoms with van der Waals surface area (Å²) in [5.41, 5.74) is 0.705. The van der Waals surface area contributed by atoms with Gasteiger partial charge in [-0.15, -0.1) is 0 Å². The molecule has 0 amide bonds. The number of anilines is 1. The SMILES string of the molecule is CS(=O)(=O)c1cnc(N2CCC(N3CCCC3)CC2)nc1C1CCCNC1. The molecule has 1 unspecified atom stereocenters. The molecular weight excluding hydrogens is 362 g/mol. The van der Waals surface area contributed by atoms with Gasteiger partial charge in [-0.25, -0.2) is 18.4 Å². The first-order valence-electron chi connectivity index (χ1n) is 10.3. The van der Waals surface area contributed by atoms with Crippen molar-refractivity contribution < 1.29 is 8.42 Å². The van der Waals surface area contributed by atoms with E-state index < -0.39 is 9.84 Å². The average Bonchev–Trinajstić information content (AvgIpc) is 3.22. The van der Waals surface area contributed by atoms with Crippen molar-refractivity contribution in [1.29, 1.82) is 0 Å². The van der Waals surface area contributed by atoms with Gasteiger partial charge in [-0.3, -0.25) is 0 Å². The van der Waals surface area contributed by atoms with Crippen LogP contribution < -0.4 is 10.2 Å². The molecule has 1 N–H and O–H groups in total. The summed E-state index contributed by atoms with van der Waals surface area (Å²) in [6, 6.07) is 0.682. The third kappa shape index (κ3) is 4.27. The number of hydrogen-bond acceptors (Lipinski definition) is 7. The third-order valence-electron chi connectivity index (χ3n) is 6.26. The molecule has 4 rings (SSSR count). The number of rotatable bonds is 4. The number of hydrogen-bond donors (Lipinski definition) is 1. The lowest BCUT2D eigenvalue weighted by atomic mass is 9.96. The first-order valence-corrected chi connectivity index (χ1v) is 12.2. The fraction of sp³-hybridized carbons (Fsp3) is 0.789. The van der Waals surface area contributed by atoms with Gasteiger partial charge in [0.05, 0.1) is 11.9 Å². The predicted octanol–water partition coefficient (Wildman–Crippen LogP) is 1.41. The smallest absolute Gasteiger partial charge is 0.225 e. The molecule has 3 aliphatic rings. The molecule has 3 saturated heterocycles. The third-order valence-corrected chi connectivity index (χ3v) is 7.37. The number of nitrogens with zero attached hydrogens (tertiary/aromatic N) is 4. The van der Waals surface area contributed by atoms with Gasteiger partial charge in [0.2, 0.25) is 5.95 Å². The fourth-order valence-electron chi connectivity index (χ4n) is 4.73. The van der Waals surface area contributed by atoms with E-state index in [9.17, 15) is 8.42 Å². The van der Waals surface area contributed by atoms with Crippen molar-refractivity contribution in [2.75, 3.05) is 50.4 Å². The van der Waals surface area contributed by atoms with Crippen LogP contribution in [-0.4, -0.2) is 74.9 Å². The van der Waals surface area contributed by atoms with Gasteiger partial charge in [-0.1, -0.05) is 0 Å². The summed E-state index contributed by atoms with van der Waals surface area (Å²) in [4.78, 5) is 14.4. The number of likely N-dealkylation sites (tertiary alicyclic amines) is 1. The fourth-order valence-corrected chi connectivity index (χ4v) is 5.56. The molecule has 0 saturated carbocycles. The van der Waals surface area contributed by atoms with Crippen LogP contribution in [0.4, 0.5) is 5.95 Å². The summed E-state index contributed by atoms with van der Waals surface area (Å²) >= 11 is 0. The second kappa shape index (κ2) is 8.01. The molecule has 7 nitrogen and oxygen atoms in total. The van der Waals surface area contributed by atoms with Crippen molar-refractivity contribution in [3.8, 4) is 0 Å². The molecule has 4 heterocycles. The minimum atomic E-state index is -3.33. The molecule has 0 radical (unpaired) electrons. The Balaban J connectivity index is 1.53. The maximum absolute atomic E-state index is 12.3. The van der Waals surface area contributed by atoms with E-state index in [1.807, 2.05) is 0 Å². The van der Waals surface area contributed by atoms with E-state index in [0.29, 0.717) is 22.6 Å². The summed E-state index contributed by atoms with van der Waals surface area (Å²) in [6.45, 7) is 6.15. The monoisotopic (exact) mass is 393 g/mol. The van der Waals surface area contributed by atoms with Crippen molar-refractivity contribution in [1.82, 2.24) is 20.2 Å². The maximum Gasteiger partial charge on any atom is 0.225 e. The molecule has 3 aliphatic heterocycles. The van der Waals surface area contributed by atoms with Crippen LogP contribution >= 0.6 is 0 Å². The predicted molar refractivity (Wildman–Crippen MR) is 106 cm³/mol. The van der Waals surface area contributed by atoms with Crippen molar-refractivity contribution in [2.24, 2.45) is 0 Å². The molecule has 1 aromatic rings. The minimum absolute atomic E-state index is 0.146. The highest BCUT2D eigenvalue weighted by Crippen LogP contribution is 2.30. The summed E-state index contributed by atoms with van der Waals surface area (Å²) in [7, 11) is -3.33. The van der Waals surface area contributed by atoms with E-state index in [1.165, 1.54) is 38.4 Å². The van der Waals surface area contributed by atoms with Crippen LogP contribution in [0.15, 0.2) is 11.1 Å². The van der Waals surface area contributed by atoms with Gasteiger partial charge in [-0.2, -0.15) is 0 Å². The first-order chi connectivity index (χ1) is 13.0. The molecule has 0 aliphatic carbocycles. The second-order valence-electron chi connectivity index (χ2n) is 8.20. The van der Waals surface area contributed by atoms with Crippen LogP contribution in [0.3, 0.4) is 0 Å². The van der Waals surface area contributed by atoms with Gasteiger partial charge in [0.25, 0.3) is 0 Å². The highest BCUT2D eigenvalue weighted by atomic mass is 32.2. The van der Waals surface area contributed by atoms with Crippen LogP contribution in [0.5, 0.6) is 0 Å². The van der Waals surface area contributed by atoms with Gasteiger partial charge < -0.3 is 15.1 Å². The zero-order valence-electron chi connectivity index (χ0n) is 16.2. The van der Waals surface area contributed by atoms with Gasteiger partial charge >= 0.3 is 0 Å². The molecule has 3 fully saturated rings. The summed E-state index contributed by atoms with van der Waals surface area (Å²) < 4.78 is 24.5. The van der Waals surface area contributed by atoms with Crippen molar-refractivity contribution in [3.05, 3.63) is 11.9 Å². The van der Waals surface area contributed by atoms with E-state index in [2.05, 4.69) is 20.1 Å². The lowest BCUT2D eigenvalue weighted by Crippen LogP contribution is -2.44. The lowest BCUT2D eigenvalue weighted by Gasteiger charge is -2.37. The minimum Gasteiger partial charge on any atom is -0.341 e. The molecule has 1 atom stereocenters. The first kappa shape index (κ1) is 19.1. The number of aromatic nitrogens is 2. The summed E-state index contributed by atoms with van der Waals surface area (Å²) in [6.07, 6.45) is 9.75. The van der Waals surface area contributed by atoms with Crippen molar-refractivity contribution in [3.63, 3.8) is 0 Å². The number of piperidine rings is 2. The van der Waals surface area contributed by atoms with Crippen LogP contribution in [-0.2, 0) is 9.84 Å². The topological polar surface area (TPSA) is 78.4 Å². The normalized spacial score (nSPS) is 25.8. The van der Waals surface area contributed by atoms with Crippen LogP contribution in [0.2, 0.25) is 0 Å². The zero-order valence-corrected chi connectivity index (χ0v) is 17.0. The lowest BCUT2D eigenvalue weighted by molar-refractivity contribution is 0.207. The van der Waals surface area contributed by atoms with E-state index in [-0.39, 0.29) is 5.92 Å². The van der Waals surface area contributed by atoms with Crippen molar-refractivity contribution in [2.45, 2.75) is 55.4 Å². The quantitative estimate of drug-likeness (QED) is 0.829. The Hall–Kier alpha value is -1.25. The highest BCUT2D eigenvalue weighted by molar-refractivity contribution is 7.90. The van der Waals surface area contributed by atoms with Crippen LogP contribution in [0, 0.1) is 0 Å². The standard InChI is InChI=1S/C19H31N5O2S/c1-27(25,26)17-14-21-19(22-18(17)15-5-4-8-20-13-15)24-11-6-16(7-12-24)23-9-2-3-10-23/h14-16,20H,2-13H2,1H3. The number of sulfone groups is 1. The summed E-state index contributed by atoms with van der Waals surface area (Å²) in [5, 5.41) is 3.37. The van der Waals surface area contributed by atoms with Gasteiger partial charge in [0, 0.05) is 37.8 Å². The van der Waals surface area contributed by atoms with Crippen LogP contribution in [0.25, 0.3) is 0 Å². The Morgan fingerprint density at radius 3 is 2.44 bits per heavy atom. The molecule has 0 aromatic carbocycles. The second-order valence-corrected chi connectivity index (χ2v) is 10.2. The molecule has 0 bridgehead atoms. The average molecular weight is 394 g/mol. The van der Waals surface area contributed by atoms with Gasteiger partial charge in [-0.05, 0) is 58.2 Å². The van der Waals surface area contributed by atoms with E-state index in [1.54, 1.807) is 0 Å². The van der Waals surface area contributed by atoms with E-state index in [0.717, 1.165) is 51.9 Å². The molecule has 0 spiro atoms. The maximum atomic E-state index is 12.3. The number of nitrogens with one attached hydrogen (secondary N) is 1. The molecule has 150 valence electrons. The Morgan fingerprint density at radius 2 is 1.81 bits per heavy atom. The van der Waals surface area contributed by atoms with Crippen molar-refractivity contribution >= 4 is 15.8 Å². The van der Waals surface area contributed by atoms with Gasteiger partial charge in [0.1, 0.15) is 4.90 Å². The molecule has 1 aromatic heterocycles. The Morgan fingerprint density at radius 1 is 1.07 bits per heavy atom. The Labute approximate surface area is 162 Å². The molecular formula is C19H31N5O2S. The van der Waals surface area contributed by atoms with E-state index in [4.69, 9.17) is 4.98 Å². The summed E-state index contributed by atoms with van der Waals surface area (Å²) in [5.74, 6) is 0.843. The highest BCUT2D eigenvalue weighted by Gasteiger charge is 2.29. The zero-order chi connectivity index (χ0) is 18.9. The molecule has 8 heteroatoms. The Kier molecular flexibility index (Phi) is 5.66. The largest absolute Gasteiger partial charge is 0.341 e. The van der Waals surface area contributed by atoms with E-state index >= 15 is 0 Å². The van der Waals surface area contributed by atoms with Crippen LogP contribution in [0.1, 0.15) is 50.1 Å². The Bertz CT molecular complexity index is 749.